The van der Waals surface area contributed by atoms with Gasteiger partial charge in [0.15, 0.2) is 5.13 Å². The van der Waals surface area contributed by atoms with Crippen LogP contribution in [-0.2, 0) is 4.79 Å². The monoisotopic (exact) mass is 364 g/mol. The van der Waals surface area contributed by atoms with Crippen molar-refractivity contribution in [1.82, 2.24) is 9.97 Å². The standard InChI is InChI=1S/C19H16N4O2S/c24-17-7-3-9-23(17)15-6-1-4-13(10-15)18(25)22-19-21-16(12-26-19)14-5-2-8-20-11-14/h1-2,4-6,8,10-12H,3,7,9H2,(H,21,22,25). The van der Waals surface area contributed by atoms with Crippen LogP contribution >= 0.6 is 11.3 Å². The molecule has 0 saturated carbocycles. The highest BCUT2D eigenvalue weighted by molar-refractivity contribution is 7.14. The first kappa shape index (κ1) is 16.4. The minimum absolute atomic E-state index is 0.101. The lowest BCUT2D eigenvalue weighted by atomic mass is 10.2. The first-order valence-corrected chi connectivity index (χ1v) is 9.16. The number of pyridine rings is 1. The molecule has 1 aromatic carbocycles. The summed E-state index contributed by atoms with van der Waals surface area (Å²) >= 11 is 1.36. The van der Waals surface area contributed by atoms with Crippen molar-refractivity contribution in [2.24, 2.45) is 0 Å². The molecule has 3 aromatic rings. The fourth-order valence-corrected chi connectivity index (χ4v) is 3.60. The van der Waals surface area contributed by atoms with E-state index < -0.39 is 0 Å². The summed E-state index contributed by atoms with van der Waals surface area (Å²) in [6.07, 6.45) is 4.85. The fourth-order valence-electron chi connectivity index (χ4n) is 2.88. The van der Waals surface area contributed by atoms with Crippen LogP contribution in [0.1, 0.15) is 23.2 Å². The molecule has 0 bridgehead atoms. The van der Waals surface area contributed by atoms with E-state index in [4.69, 9.17) is 0 Å². The van der Waals surface area contributed by atoms with Crippen molar-refractivity contribution in [3.8, 4) is 11.3 Å². The molecule has 26 heavy (non-hydrogen) atoms. The lowest BCUT2D eigenvalue weighted by Crippen LogP contribution is -2.24. The van der Waals surface area contributed by atoms with Crippen LogP contribution in [0.3, 0.4) is 0 Å². The molecule has 2 aromatic heterocycles. The summed E-state index contributed by atoms with van der Waals surface area (Å²) in [7, 11) is 0. The number of benzene rings is 1. The Bertz CT molecular complexity index is 955. The second-order valence-corrected chi connectivity index (χ2v) is 6.79. The van der Waals surface area contributed by atoms with Gasteiger partial charge in [-0.2, -0.15) is 0 Å². The zero-order chi connectivity index (χ0) is 17.9. The quantitative estimate of drug-likeness (QED) is 0.768. The molecule has 3 heterocycles. The summed E-state index contributed by atoms with van der Waals surface area (Å²) in [5, 5.41) is 5.23. The van der Waals surface area contributed by atoms with Gasteiger partial charge in [0.05, 0.1) is 5.69 Å². The van der Waals surface area contributed by atoms with Gasteiger partial charge in [-0.05, 0) is 36.8 Å². The molecule has 0 spiro atoms. The number of rotatable bonds is 4. The van der Waals surface area contributed by atoms with E-state index >= 15 is 0 Å². The normalized spacial score (nSPS) is 13.8. The van der Waals surface area contributed by atoms with E-state index in [-0.39, 0.29) is 11.8 Å². The van der Waals surface area contributed by atoms with Gasteiger partial charge in [0.1, 0.15) is 0 Å². The lowest BCUT2D eigenvalue weighted by Gasteiger charge is -2.16. The Balaban J connectivity index is 1.50. The number of hydrogen-bond acceptors (Lipinski definition) is 5. The van der Waals surface area contributed by atoms with Crippen LogP contribution in [0.25, 0.3) is 11.3 Å². The second-order valence-electron chi connectivity index (χ2n) is 5.93. The van der Waals surface area contributed by atoms with Gasteiger partial charge >= 0.3 is 0 Å². The number of thiazole rings is 1. The number of nitrogens with one attached hydrogen (secondary N) is 1. The Kier molecular flexibility index (Phi) is 4.45. The van der Waals surface area contributed by atoms with E-state index in [0.29, 0.717) is 23.7 Å². The number of carbonyl (C=O) groups excluding carboxylic acids is 2. The topological polar surface area (TPSA) is 75.2 Å². The zero-order valence-corrected chi connectivity index (χ0v) is 14.7. The maximum absolute atomic E-state index is 12.5. The van der Waals surface area contributed by atoms with Crippen molar-refractivity contribution in [3.63, 3.8) is 0 Å². The number of amides is 2. The van der Waals surface area contributed by atoms with Crippen molar-refractivity contribution in [3.05, 3.63) is 59.7 Å². The van der Waals surface area contributed by atoms with Crippen molar-refractivity contribution in [2.75, 3.05) is 16.8 Å². The second kappa shape index (κ2) is 7.05. The van der Waals surface area contributed by atoms with E-state index in [2.05, 4.69) is 15.3 Å². The highest BCUT2D eigenvalue weighted by Gasteiger charge is 2.22. The third-order valence-corrected chi connectivity index (χ3v) is 4.93. The molecule has 1 aliphatic heterocycles. The summed E-state index contributed by atoms with van der Waals surface area (Å²) < 4.78 is 0. The van der Waals surface area contributed by atoms with Gasteiger partial charge in [-0.1, -0.05) is 6.07 Å². The molecule has 7 heteroatoms. The average molecular weight is 364 g/mol. The Morgan fingerprint density at radius 2 is 2.15 bits per heavy atom. The Labute approximate surface area is 154 Å². The number of nitrogens with zero attached hydrogens (tertiary/aromatic N) is 3. The van der Waals surface area contributed by atoms with Gasteiger partial charge in [0, 0.05) is 47.6 Å². The van der Waals surface area contributed by atoms with E-state index in [0.717, 1.165) is 23.4 Å². The van der Waals surface area contributed by atoms with Gasteiger partial charge in [0.25, 0.3) is 5.91 Å². The highest BCUT2D eigenvalue weighted by atomic mass is 32.1. The third-order valence-electron chi connectivity index (χ3n) is 4.18. The first-order valence-electron chi connectivity index (χ1n) is 8.28. The van der Waals surface area contributed by atoms with Crippen LogP contribution in [0.4, 0.5) is 10.8 Å². The molecule has 0 radical (unpaired) electrons. The van der Waals surface area contributed by atoms with Gasteiger partial charge in [0.2, 0.25) is 5.91 Å². The van der Waals surface area contributed by atoms with Crippen LogP contribution in [0.15, 0.2) is 54.2 Å². The molecule has 1 N–H and O–H groups in total. The number of carbonyl (C=O) groups is 2. The third kappa shape index (κ3) is 3.34. The molecule has 0 atom stereocenters. The van der Waals surface area contributed by atoms with E-state index in [1.807, 2.05) is 23.6 Å². The lowest BCUT2D eigenvalue weighted by molar-refractivity contribution is -0.117. The molecule has 1 saturated heterocycles. The molecular formula is C19H16N4O2S. The summed E-state index contributed by atoms with van der Waals surface area (Å²) in [6.45, 7) is 0.699. The van der Waals surface area contributed by atoms with Gasteiger partial charge < -0.3 is 4.90 Å². The molecule has 2 amide bonds. The molecule has 0 unspecified atom stereocenters. The molecule has 6 nitrogen and oxygen atoms in total. The largest absolute Gasteiger partial charge is 0.312 e. The molecular weight excluding hydrogens is 348 g/mol. The van der Waals surface area contributed by atoms with Crippen molar-refractivity contribution < 1.29 is 9.59 Å². The first-order chi connectivity index (χ1) is 12.7. The number of hydrogen-bond donors (Lipinski definition) is 1. The minimum Gasteiger partial charge on any atom is -0.312 e. The average Bonchev–Trinajstić information content (AvgIpc) is 3.31. The van der Waals surface area contributed by atoms with Crippen LogP contribution in [-0.4, -0.2) is 28.3 Å². The molecule has 1 aliphatic rings. The SMILES string of the molecule is O=C(Nc1nc(-c2cccnc2)cs1)c1cccc(N2CCCC2=O)c1. The van der Waals surface area contributed by atoms with Crippen LogP contribution < -0.4 is 10.2 Å². The van der Waals surface area contributed by atoms with Gasteiger partial charge in [-0.3, -0.25) is 19.9 Å². The van der Waals surface area contributed by atoms with E-state index in [9.17, 15) is 9.59 Å². The van der Waals surface area contributed by atoms with Crippen LogP contribution in [0, 0.1) is 0 Å². The maximum Gasteiger partial charge on any atom is 0.257 e. The van der Waals surface area contributed by atoms with Crippen molar-refractivity contribution in [1.29, 1.82) is 0 Å². The predicted molar refractivity (Wildman–Crippen MR) is 101 cm³/mol. The van der Waals surface area contributed by atoms with Crippen molar-refractivity contribution in [2.45, 2.75) is 12.8 Å². The Morgan fingerprint density at radius 3 is 2.92 bits per heavy atom. The number of anilines is 2. The Morgan fingerprint density at radius 1 is 1.23 bits per heavy atom. The van der Waals surface area contributed by atoms with Crippen molar-refractivity contribution >= 4 is 34.0 Å². The summed E-state index contributed by atoms with van der Waals surface area (Å²) in [5.41, 5.74) is 2.93. The molecule has 4 rings (SSSR count). The van der Waals surface area contributed by atoms with Crippen LogP contribution in [0.2, 0.25) is 0 Å². The fraction of sp³-hybridized carbons (Fsp3) is 0.158. The predicted octanol–water partition coefficient (Wildman–Crippen LogP) is 3.58. The van der Waals surface area contributed by atoms with E-state index in [1.165, 1.54) is 11.3 Å². The van der Waals surface area contributed by atoms with Gasteiger partial charge in [-0.25, -0.2) is 4.98 Å². The zero-order valence-electron chi connectivity index (χ0n) is 13.9. The van der Waals surface area contributed by atoms with Crippen LogP contribution in [0.5, 0.6) is 0 Å². The van der Waals surface area contributed by atoms with E-state index in [1.54, 1.807) is 35.5 Å². The molecule has 0 aliphatic carbocycles. The molecule has 130 valence electrons. The summed E-state index contributed by atoms with van der Waals surface area (Å²) in [4.78, 5) is 34.7. The summed E-state index contributed by atoms with van der Waals surface area (Å²) in [5.74, 6) is -0.144. The smallest absolute Gasteiger partial charge is 0.257 e. The summed E-state index contributed by atoms with van der Waals surface area (Å²) in [6, 6.07) is 10.9. The minimum atomic E-state index is -0.245. The Hall–Kier alpha value is -3.06. The molecule has 1 fully saturated rings. The maximum atomic E-state index is 12.5. The van der Waals surface area contributed by atoms with Gasteiger partial charge in [-0.15, -0.1) is 11.3 Å². The highest BCUT2D eigenvalue weighted by Crippen LogP contribution is 2.26. The number of aromatic nitrogens is 2.